The molecule has 0 amide bonds. The van der Waals surface area contributed by atoms with Gasteiger partial charge in [0, 0.05) is 13.5 Å². The van der Waals surface area contributed by atoms with Crippen LogP contribution in [-0.2, 0) is 23.9 Å². The van der Waals surface area contributed by atoms with E-state index in [2.05, 4.69) is 9.47 Å². The minimum absolute atomic E-state index is 0.308. The molecule has 0 aliphatic carbocycles. The third kappa shape index (κ3) is 5.80. The Labute approximate surface area is 74.4 Å². The van der Waals surface area contributed by atoms with E-state index in [1.807, 2.05) is 0 Å². The Bertz CT molecular complexity index is 209. The number of ketones is 1. The summed E-state index contributed by atoms with van der Waals surface area (Å²) in [5.41, 5.74) is 0. The van der Waals surface area contributed by atoms with Gasteiger partial charge in [-0.3, -0.25) is 9.59 Å². The number of carboxylic acid groups (broad SMARTS) is 1. The van der Waals surface area contributed by atoms with Gasteiger partial charge < -0.3 is 14.6 Å². The molecule has 0 heterocycles. The third-order valence-electron chi connectivity index (χ3n) is 1.10. The van der Waals surface area contributed by atoms with E-state index in [0.29, 0.717) is 0 Å². The highest BCUT2D eigenvalue weighted by molar-refractivity contribution is 6.33. The molecule has 0 aromatic rings. The molecule has 6 heteroatoms. The maximum atomic E-state index is 10.8. The van der Waals surface area contributed by atoms with Gasteiger partial charge in [-0.25, -0.2) is 4.79 Å². The number of Topliss-reactive ketones (excluding diaryl/α,β-unsaturated/α-hetero) is 1. The average Bonchev–Trinajstić information content (AvgIpc) is 2.10. The number of carboxylic acids is 1. The van der Waals surface area contributed by atoms with Crippen molar-refractivity contribution in [1.82, 2.24) is 0 Å². The summed E-state index contributed by atoms with van der Waals surface area (Å²) in [5.74, 6) is -3.06. The van der Waals surface area contributed by atoms with Gasteiger partial charge >= 0.3 is 11.9 Å². The minimum atomic E-state index is -1.13. The van der Waals surface area contributed by atoms with Crippen molar-refractivity contribution in [1.29, 1.82) is 0 Å². The lowest BCUT2D eigenvalue weighted by molar-refractivity contribution is -0.161. The average molecular weight is 190 g/mol. The van der Waals surface area contributed by atoms with Crippen molar-refractivity contribution in [2.24, 2.45) is 0 Å². The van der Waals surface area contributed by atoms with Crippen molar-refractivity contribution in [3.63, 3.8) is 0 Å². The molecular formula is C7H10O6. The van der Waals surface area contributed by atoms with Crippen LogP contribution in [0.25, 0.3) is 0 Å². The number of rotatable bonds is 6. The van der Waals surface area contributed by atoms with Crippen molar-refractivity contribution in [3.05, 3.63) is 0 Å². The Kier molecular flexibility index (Phi) is 5.45. The second-order valence-electron chi connectivity index (χ2n) is 2.16. The van der Waals surface area contributed by atoms with Gasteiger partial charge in [-0.15, -0.1) is 0 Å². The highest BCUT2D eigenvalue weighted by Crippen LogP contribution is 1.93. The van der Waals surface area contributed by atoms with E-state index in [1.54, 1.807) is 0 Å². The van der Waals surface area contributed by atoms with Crippen molar-refractivity contribution in [2.45, 2.75) is 12.8 Å². The zero-order valence-electron chi connectivity index (χ0n) is 7.11. The van der Waals surface area contributed by atoms with Crippen LogP contribution in [0, 0.1) is 0 Å². The normalized spacial score (nSPS) is 9.31. The van der Waals surface area contributed by atoms with Crippen molar-refractivity contribution in [3.8, 4) is 0 Å². The van der Waals surface area contributed by atoms with Gasteiger partial charge in [0.25, 0.3) is 0 Å². The number of carbonyl (C=O) groups excluding carboxylic acids is 2. The van der Waals surface area contributed by atoms with Crippen LogP contribution in [-0.4, -0.2) is 36.7 Å². The lowest BCUT2D eigenvalue weighted by Crippen LogP contribution is -2.19. The van der Waals surface area contributed by atoms with Gasteiger partial charge in [0.05, 0.1) is 6.42 Å². The van der Waals surface area contributed by atoms with Gasteiger partial charge in [0.1, 0.15) is 0 Å². The van der Waals surface area contributed by atoms with Crippen LogP contribution in [0.4, 0.5) is 0 Å². The summed E-state index contributed by atoms with van der Waals surface area (Å²) in [4.78, 5) is 31.4. The molecule has 1 N–H and O–H groups in total. The fourth-order valence-corrected chi connectivity index (χ4v) is 0.515. The molecule has 0 saturated heterocycles. The first-order valence-electron chi connectivity index (χ1n) is 3.48. The number of aliphatic carboxylic acids is 1. The fourth-order valence-electron chi connectivity index (χ4n) is 0.515. The maximum Gasteiger partial charge on any atom is 0.376 e. The molecule has 0 unspecified atom stereocenters. The Morgan fingerprint density at radius 3 is 2.31 bits per heavy atom. The summed E-state index contributed by atoms with van der Waals surface area (Å²) in [6.07, 6.45) is -0.723. The quantitative estimate of drug-likeness (QED) is 0.347. The minimum Gasteiger partial charge on any atom is -0.481 e. The topological polar surface area (TPSA) is 89.9 Å². The van der Waals surface area contributed by atoms with Crippen LogP contribution in [0.3, 0.4) is 0 Å². The van der Waals surface area contributed by atoms with Crippen molar-refractivity contribution < 1.29 is 29.0 Å². The monoisotopic (exact) mass is 190 g/mol. The van der Waals surface area contributed by atoms with Gasteiger partial charge in [-0.2, -0.15) is 0 Å². The van der Waals surface area contributed by atoms with Crippen molar-refractivity contribution >= 4 is 17.7 Å². The van der Waals surface area contributed by atoms with E-state index in [1.165, 1.54) is 7.11 Å². The van der Waals surface area contributed by atoms with Gasteiger partial charge in [0.15, 0.2) is 6.79 Å². The van der Waals surface area contributed by atoms with Crippen LogP contribution in [0.15, 0.2) is 0 Å². The lowest BCUT2D eigenvalue weighted by atomic mass is 10.2. The molecule has 0 aliphatic rings. The third-order valence-corrected chi connectivity index (χ3v) is 1.10. The number of hydrogen-bond donors (Lipinski definition) is 1. The van der Waals surface area contributed by atoms with Crippen LogP contribution in [0.2, 0.25) is 0 Å². The second kappa shape index (κ2) is 6.13. The first kappa shape index (κ1) is 11.6. The van der Waals surface area contributed by atoms with Crippen molar-refractivity contribution in [2.75, 3.05) is 13.9 Å². The number of hydrogen-bond acceptors (Lipinski definition) is 5. The molecule has 0 rings (SSSR count). The predicted molar refractivity (Wildman–Crippen MR) is 39.8 cm³/mol. The van der Waals surface area contributed by atoms with E-state index in [9.17, 15) is 14.4 Å². The Morgan fingerprint density at radius 2 is 1.85 bits per heavy atom. The molecule has 0 aliphatic heterocycles. The number of methoxy groups -OCH3 is 1. The zero-order chi connectivity index (χ0) is 10.3. The van der Waals surface area contributed by atoms with Crippen LogP contribution >= 0.6 is 0 Å². The number of ether oxygens (including phenoxy) is 2. The summed E-state index contributed by atoms with van der Waals surface area (Å²) in [6, 6.07) is 0. The predicted octanol–water partition coefficient (Wildman–Crippen LogP) is -0.433. The fraction of sp³-hybridized carbons (Fsp3) is 0.571. The van der Waals surface area contributed by atoms with E-state index in [4.69, 9.17) is 5.11 Å². The van der Waals surface area contributed by atoms with E-state index in [-0.39, 0.29) is 19.6 Å². The summed E-state index contributed by atoms with van der Waals surface area (Å²) >= 11 is 0. The summed E-state index contributed by atoms with van der Waals surface area (Å²) < 4.78 is 8.66. The van der Waals surface area contributed by atoms with Gasteiger partial charge in [0.2, 0.25) is 5.78 Å². The molecule has 0 saturated carbocycles. The largest absolute Gasteiger partial charge is 0.481 e. The van der Waals surface area contributed by atoms with E-state index in [0.717, 1.165) is 0 Å². The lowest BCUT2D eigenvalue weighted by Gasteiger charge is -2.00. The zero-order valence-corrected chi connectivity index (χ0v) is 7.11. The molecule has 6 nitrogen and oxygen atoms in total. The Hall–Kier alpha value is -1.43. The Morgan fingerprint density at radius 1 is 1.23 bits per heavy atom. The Balaban J connectivity index is 3.70. The summed E-state index contributed by atoms with van der Waals surface area (Å²) in [7, 11) is 1.30. The molecule has 0 radical (unpaired) electrons. The SMILES string of the molecule is COCOC(=O)C(=O)CCC(=O)O. The standard InChI is InChI=1S/C7H10O6/c1-12-4-13-7(11)5(8)2-3-6(9)10/h2-4H2,1H3,(H,9,10). The summed E-state index contributed by atoms with van der Waals surface area (Å²) in [6.45, 7) is -0.308. The number of carbonyl (C=O) groups is 3. The van der Waals surface area contributed by atoms with E-state index >= 15 is 0 Å². The second-order valence-corrected chi connectivity index (χ2v) is 2.16. The molecule has 0 atom stereocenters. The van der Waals surface area contributed by atoms with Crippen LogP contribution < -0.4 is 0 Å². The molecule has 0 aromatic carbocycles. The highest BCUT2D eigenvalue weighted by Gasteiger charge is 2.16. The first-order valence-corrected chi connectivity index (χ1v) is 3.48. The summed E-state index contributed by atoms with van der Waals surface area (Å²) in [5, 5.41) is 8.19. The molecule has 0 spiro atoms. The van der Waals surface area contributed by atoms with Gasteiger partial charge in [-0.05, 0) is 0 Å². The molecule has 13 heavy (non-hydrogen) atoms. The molecular weight excluding hydrogens is 180 g/mol. The van der Waals surface area contributed by atoms with Gasteiger partial charge in [-0.1, -0.05) is 0 Å². The van der Waals surface area contributed by atoms with E-state index < -0.39 is 17.7 Å². The molecule has 0 fully saturated rings. The molecule has 0 aromatic heterocycles. The van der Waals surface area contributed by atoms with Crippen LogP contribution in [0.5, 0.6) is 0 Å². The number of esters is 1. The molecule has 0 bridgehead atoms. The van der Waals surface area contributed by atoms with Crippen LogP contribution in [0.1, 0.15) is 12.8 Å². The molecule has 74 valence electrons. The first-order chi connectivity index (χ1) is 6.07. The highest BCUT2D eigenvalue weighted by atomic mass is 16.7. The maximum absolute atomic E-state index is 10.8. The smallest absolute Gasteiger partial charge is 0.376 e.